The first kappa shape index (κ1) is 18.8. The molecular weight excluding hydrogens is 340 g/mol. The molecule has 5 nitrogen and oxygen atoms in total. The molecule has 0 fully saturated rings. The van der Waals surface area contributed by atoms with Gasteiger partial charge >= 0.3 is 0 Å². The Morgan fingerprint density at radius 2 is 1.84 bits per heavy atom. The van der Waals surface area contributed by atoms with Gasteiger partial charge in [0.1, 0.15) is 12.2 Å². The van der Waals surface area contributed by atoms with Crippen molar-refractivity contribution in [2.75, 3.05) is 19.0 Å². The molecule has 0 aliphatic carbocycles. The predicted octanol–water partition coefficient (Wildman–Crippen LogP) is 3.43. The van der Waals surface area contributed by atoms with Crippen molar-refractivity contribution in [2.45, 2.75) is 19.3 Å². The van der Waals surface area contributed by atoms with Crippen LogP contribution in [0.1, 0.15) is 18.4 Å². The number of hydrogen-bond acceptors (Lipinski definition) is 3. The Balaban J connectivity index is 1.69. The summed E-state index contributed by atoms with van der Waals surface area (Å²) in [4.78, 5) is 23.7. The van der Waals surface area contributed by atoms with E-state index in [1.54, 1.807) is 18.2 Å². The van der Waals surface area contributed by atoms with E-state index in [0.29, 0.717) is 23.0 Å². The number of benzene rings is 2. The van der Waals surface area contributed by atoms with E-state index in [0.717, 1.165) is 12.8 Å². The SMILES string of the molecule is COc1ccc(NC(=O)CC(=O)NCCCc2ccccc2)cc1Cl. The molecule has 0 heterocycles. The van der Waals surface area contributed by atoms with Crippen molar-refractivity contribution in [3.05, 3.63) is 59.1 Å². The van der Waals surface area contributed by atoms with Gasteiger partial charge in [-0.25, -0.2) is 0 Å². The number of nitrogens with one attached hydrogen (secondary N) is 2. The molecule has 0 bridgehead atoms. The Kier molecular flexibility index (Phi) is 7.29. The minimum absolute atomic E-state index is 0.227. The van der Waals surface area contributed by atoms with Crippen LogP contribution in [0.3, 0.4) is 0 Å². The first-order valence-corrected chi connectivity index (χ1v) is 8.40. The summed E-state index contributed by atoms with van der Waals surface area (Å²) in [7, 11) is 1.52. The van der Waals surface area contributed by atoms with Gasteiger partial charge in [-0.05, 0) is 36.6 Å². The molecular formula is C19H21ClN2O3. The highest BCUT2D eigenvalue weighted by atomic mass is 35.5. The van der Waals surface area contributed by atoms with Crippen LogP contribution in [-0.2, 0) is 16.0 Å². The molecule has 0 unspecified atom stereocenters. The van der Waals surface area contributed by atoms with Crippen LogP contribution in [0.25, 0.3) is 0 Å². The van der Waals surface area contributed by atoms with Gasteiger partial charge < -0.3 is 15.4 Å². The fourth-order valence-electron chi connectivity index (χ4n) is 2.32. The van der Waals surface area contributed by atoms with Crippen LogP contribution < -0.4 is 15.4 Å². The predicted molar refractivity (Wildman–Crippen MR) is 99.0 cm³/mol. The quantitative estimate of drug-likeness (QED) is 0.560. The van der Waals surface area contributed by atoms with Crippen LogP contribution in [0.2, 0.25) is 5.02 Å². The lowest BCUT2D eigenvalue weighted by Crippen LogP contribution is -2.29. The monoisotopic (exact) mass is 360 g/mol. The summed E-state index contributed by atoms with van der Waals surface area (Å²) >= 11 is 6.00. The maximum Gasteiger partial charge on any atom is 0.233 e. The molecule has 2 rings (SSSR count). The summed E-state index contributed by atoms with van der Waals surface area (Å²) in [5.74, 6) is -0.164. The summed E-state index contributed by atoms with van der Waals surface area (Å²) in [5.41, 5.74) is 1.75. The van der Waals surface area contributed by atoms with Crippen molar-refractivity contribution in [3.63, 3.8) is 0 Å². The minimum Gasteiger partial charge on any atom is -0.495 e. The van der Waals surface area contributed by atoms with E-state index in [4.69, 9.17) is 16.3 Å². The highest BCUT2D eigenvalue weighted by Crippen LogP contribution is 2.27. The second-order valence-electron chi connectivity index (χ2n) is 5.51. The summed E-state index contributed by atoms with van der Waals surface area (Å²) in [6.45, 7) is 0.537. The van der Waals surface area contributed by atoms with E-state index < -0.39 is 0 Å². The van der Waals surface area contributed by atoms with Gasteiger partial charge in [0.05, 0.1) is 12.1 Å². The Morgan fingerprint density at radius 1 is 1.08 bits per heavy atom. The molecule has 132 valence electrons. The summed E-state index contributed by atoms with van der Waals surface area (Å²) in [5, 5.41) is 5.79. The van der Waals surface area contributed by atoms with Crippen molar-refractivity contribution in [3.8, 4) is 5.75 Å². The van der Waals surface area contributed by atoms with Gasteiger partial charge in [0, 0.05) is 12.2 Å². The minimum atomic E-state index is -0.387. The molecule has 2 N–H and O–H groups in total. The Bertz CT molecular complexity index is 720. The zero-order chi connectivity index (χ0) is 18.1. The van der Waals surface area contributed by atoms with Gasteiger partial charge in [0.15, 0.2) is 0 Å². The van der Waals surface area contributed by atoms with Crippen LogP contribution >= 0.6 is 11.6 Å². The Morgan fingerprint density at radius 3 is 2.52 bits per heavy atom. The third-order valence-electron chi connectivity index (χ3n) is 3.56. The number of carbonyl (C=O) groups excluding carboxylic acids is 2. The Hall–Kier alpha value is -2.53. The first-order valence-electron chi connectivity index (χ1n) is 8.02. The molecule has 0 spiro atoms. The molecule has 2 amide bonds. The molecule has 0 saturated carbocycles. The average Bonchev–Trinajstić information content (AvgIpc) is 2.60. The number of rotatable bonds is 8. The molecule has 2 aromatic rings. The van der Waals surface area contributed by atoms with Crippen molar-refractivity contribution in [2.24, 2.45) is 0 Å². The van der Waals surface area contributed by atoms with Crippen molar-refractivity contribution < 1.29 is 14.3 Å². The van der Waals surface area contributed by atoms with E-state index >= 15 is 0 Å². The van der Waals surface area contributed by atoms with Gasteiger partial charge in [-0.3, -0.25) is 9.59 Å². The molecule has 0 aliphatic heterocycles. The second kappa shape index (κ2) is 9.69. The van der Waals surface area contributed by atoms with Crippen LogP contribution in [0, 0.1) is 0 Å². The normalized spacial score (nSPS) is 10.2. The van der Waals surface area contributed by atoms with Crippen molar-refractivity contribution in [1.82, 2.24) is 5.32 Å². The number of carbonyl (C=O) groups is 2. The molecule has 0 aliphatic rings. The largest absolute Gasteiger partial charge is 0.495 e. The number of methoxy groups -OCH3 is 1. The number of halogens is 1. The fourth-order valence-corrected chi connectivity index (χ4v) is 2.58. The van der Waals surface area contributed by atoms with E-state index in [1.165, 1.54) is 12.7 Å². The van der Waals surface area contributed by atoms with E-state index in [2.05, 4.69) is 22.8 Å². The van der Waals surface area contributed by atoms with Gasteiger partial charge in [0.25, 0.3) is 0 Å². The molecule has 0 atom stereocenters. The molecule has 6 heteroatoms. The van der Waals surface area contributed by atoms with Crippen LogP contribution in [-0.4, -0.2) is 25.5 Å². The molecule has 0 radical (unpaired) electrons. The number of anilines is 1. The molecule has 2 aromatic carbocycles. The third-order valence-corrected chi connectivity index (χ3v) is 3.86. The highest BCUT2D eigenvalue weighted by Gasteiger charge is 2.10. The fraction of sp³-hybridized carbons (Fsp3) is 0.263. The van der Waals surface area contributed by atoms with Crippen LogP contribution in [0.5, 0.6) is 5.75 Å². The lowest BCUT2D eigenvalue weighted by atomic mass is 10.1. The number of amides is 2. The third kappa shape index (κ3) is 6.47. The topological polar surface area (TPSA) is 67.4 Å². The summed E-state index contributed by atoms with van der Waals surface area (Å²) in [6.07, 6.45) is 1.48. The summed E-state index contributed by atoms with van der Waals surface area (Å²) < 4.78 is 5.05. The lowest BCUT2D eigenvalue weighted by molar-refractivity contribution is -0.126. The smallest absolute Gasteiger partial charge is 0.233 e. The number of aryl methyl sites for hydroxylation is 1. The van der Waals surface area contributed by atoms with Crippen LogP contribution in [0.4, 0.5) is 5.69 Å². The second-order valence-corrected chi connectivity index (χ2v) is 5.92. The van der Waals surface area contributed by atoms with E-state index in [9.17, 15) is 9.59 Å². The lowest BCUT2D eigenvalue weighted by Gasteiger charge is -2.08. The first-order chi connectivity index (χ1) is 12.1. The molecule has 25 heavy (non-hydrogen) atoms. The highest BCUT2D eigenvalue weighted by molar-refractivity contribution is 6.32. The van der Waals surface area contributed by atoms with Crippen LogP contribution in [0.15, 0.2) is 48.5 Å². The number of hydrogen-bond donors (Lipinski definition) is 2. The van der Waals surface area contributed by atoms with E-state index in [1.807, 2.05) is 18.2 Å². The maximum atomic E-state index is 11.9. The molecule has 0 saturated heterocycles. The standard InChI is InChI=1S/C19H21ClN2O3/c1-25-17-10-9-15(12-16(17)20)22-19(24)13-18(23)21-11-5-8-14-6-3-2-4-7-14/h2-4,6-7,9-10,12H,5,8,11,13H2,1H3,(H,21,23)(H,22,24). The Labute approximate surface area is 152 Å². The zero-order valence-corrected chi connectivity index (χ0v) is 14.8. The zero-order valence-electron chi connectivity index (χ0n) is 14.0. The number of ether oxygens (including phenoxy) is 1. The average molecular weight is 361 g/mol. The van der Waals surface area contributed by atoms with Gasteiger partial charge in [-0.15, -0.1) is 0 Å². The van der Waals surface area contributed by atoms with Crippen molar-refractivity contribution in [1.29, 1.82) is 0 Å². The summed E-state index contributed by atoms with van der Waals surface area (Å²) in [6, 6.07) is 15.0. The van der Waals surface area contributed by atoms with Gasteiger partial charge in [-0.2, -0.15) is 0 Å². The molecule has 0 aromatic heterocycles. The van der Waals surface area contributed by atoms with Gasteiger partial charge in [-0.1, -0.05) is 41.9 Å². The maximum absolute atomic E-state index is 11.9. The van der Waals surface area contributed by atoms with E-state index in [-0.39, 0.29) is 18.2 Å². The van der Waals surface area contributed by atoms with Crippen molar-refractivity contribution >= 4 is 29.1 Å². The van der Waals surface area contributed by atoms with Gasteiger partial charge in [0.2, 0.25) is 11.8 Å².